The van der Waals surface area contributed by atoms with Crippen LogP contribution in [0.1, 0.15) is 12.8 Å². The zero-order valence-electron chi connectivity index (χ0n) is 5.61. The highest BCUT2D eigenvalue weighted by Crippen LogP contribution is 2.22. The molecule has 0 saturated carbocycles. The van der Waals surface area contributed by atoms with Crippen LogP contribution in [0, 0.1) is 0 Å². The number of rotatable bonds is 1. The number of aliphatic hydroxyl groups is 1. The number of alkyl halides is 2. The average Bonchev–Trinajstić information content (AvgIpc) is 1.89. The van der Waals surface area contributed by atoms with Crippen LogP contribution in [0.15, 0.2) is 0 Å². The van der Waals surface area contributed by atoms with Gasteiger partial charge in [-0.25, -0.2) is 8.78 Å². The molecule has 0 aromatic heterocycles. The molecular weight excluding hydrogens is 140 g/mol. The van der Waals surface area contributed by atoms with Gasteiger partial charge in [-0.3, -0.25) is 0 Å². The predicted molar refractivity (Wildman–Crippen MR) is 33.1 cm³/mol. The maximum absolute atomic E-state index is 12.0. The van der Waals surface area contributed by atoms with Crippen LogP contribution in [-0.4, -0.2) is 30.2 Å². The number of hydrogen-bond donors (Lipinski definition) is 2. The van der Waals surface area contributed by atoms with E-state index in [1.165, 1.54) is 0 Å². The third kappa shape index (κ3) is 1.44. The van der Waals surface area contributed by atoms with Gasteiger partial charge in [0.25, 0.3) is 6.43 Å². The molecule has 1 aliphatic rings. The normalized spacial score (nSPS) is 34.8. The molecule has 4 heteroatoms. The van der Waals surface area contributed by atoms with Crippen LogP contribution in [0.4, 0.5) is 8.78 Å². The number of β-amino-alcohol motifs (C(OH)–C–C–N with tert-alkyl or cyclic N) is 1. The van der Waals surface area contributed by atoms with Crippen molar-refractivity contribution in [2.45, 2.75) is 24.9 Å². The Morgan fingerprint density at radius 1 is 1.50 bits per heavy atom. The van der Waals surface area contributed by atoms with E-state index >= 15 is 0 Å². The molecule has 60 valence electrons. The summed E-state index contributed by atoms with van der Waals surface area (Å²) in [5.41, 5.74) is -1.77. The maximum Gasteiger partial charge on any atom is 0.268 e. The molecule has 1 aliphatic heterocycles. The van der Waals surface area contributed by atoms with Crippen molar-refractivity contribution in [3.8, 4) is 0 Å². The molecule has 0 amide bonds. The van der Waals surface area contributed by atoms with Crippen LogP contribution >= 0.6 is 0 Å². The SMILES string of the molecule is O[C@]1(C(F)F)CCCNC1. The number of hydrogen-bond acceptors (Lipinski definition) is 2. The Kier molecular flexibility index (Phi) is 2.21. The molecule has 1 heterocycles. The van der Waals surface area contributed by atoms with E-state index in [1.807, 2.05) is 0 Å². The molecule has 0 bridgehead atoms. The molecule has 1 saturated heterocycles. The van der Waals surface area contributed by atoms with Gasteiger partial charge in [0.15, 0.2) is 0 Å². The highest BCUT2D eigenvalue weighted by molar-refractivity contribution is 4.87. The standard InChI is InChI=1S/C6H11F2NO/c7-5(8)6(10)2-1-3-9-4-6/h5,9-10H,1-4H2/t6-/m1/s1. The van der Waals surface area contributed by atoms with Crippen molar-refractivity contribution in [3.63, 3.8) is 0 Å². The van der Waals surface area contributed by atoms with Gasteiger partial charge in [0.05, 0.1) is 0 Å². The van der Waals surface area contributed by atoms with Gasteiger partial charge in [0.1, 0.15) is 5.60 Å². The van der Waals surface area contributed by atoms with Gasteiger partial charge >= 0.3 is 0 Å². The third-order valence-electron chi connectivity index (χ3n) is 1.80. The zero-order chi connectivity index (χ0) is 7.61. The Morgan fingerprint density at radius 3 is 2.50 bits per heavy atom. The quantitative estimate of drug-likeness (QED) is 0.567. The van der Waals surface area contributed by atoms with Gasteiger partial charge in [-0.1, -0.05) is 0 Å². The molecule has 0 aliphatic carbocycles. The summed E-state index contributed by atoms with van der Waals surface area (Å²) in [6.07, 6.45) is -1.79. The van der Waals surface area contributed by atoms with E-state index in [9.17, 15) is 8.78 Å². The summed E-state index contributed by atoms with van der Waals surface area (Å²) in [4.78, 5) is 0. The molecule has 0 unspecified atom stereocenters. The Bertz CT molecular complexity index is 112. The van der Waals surface area contributed by atoms with Crippen LogP contribution in [0.5, 0.6) is 0 Å². The van der Waals surface area contributed by atoms with Gasteiger partial charge in [-0.05, 0) is 19.4 Å². The van der Waals surface area contributed by atoms with Crippen LogP contribution in [0.3, 0.4) is 0 Å². The second-order valence-corrected chi connectivity index (χ2v) is 2.68. The number of halogens is 2. The van der Waals surface area contributed by atoms with E-state index in [1.54, 1.807) is 0 Å². The zero-order valence-corrected chi connectivity index (χ0v) is 5.61. The average molecular weight is 151 g/mol. The minimum Gasteiger partial charge on any atom is -0.383 e. The van der Waals surface area contributed by atoms with Gasteiger partial charge in [0.2, 0.25) is 0 Å². The first-order valence-corrected chi connectivity index (χ1v) is 3.36. The summed E-state index contributed by atoms with van der Waals surface area (Å²) < 4.78 is 24.0. The lowest BCUT2D eigenvalue weighted by Crippen LogP contribution is -2.50. The first-order chi connectivity index (χ1) is 4.65. The fraction of sp³-hybridized carbons (Fsp3) is 1.00. The molecule has 0 radical (unpaired) electrons. The minimum atomic E-state index is -2.62. The summed E-state index contributed by atoms with van der Waals surface area (Å²) >= 11 is 0. The van der Waals surface area contributed by atoms with E-state index in [0.717, 1.165) is 6.54 Å². The fourth-order valence-electron chi connectivity index (χ4n) is 1.10. The smallest absolute Gasteiger partial charge is 0.268 e. The fourth-order valence-corrected chi connectivity index (χ4v) is 1.10. The molecular formula is C6H11F2NO. The van der Waals surface area contributed by atoms with Gasteiger partial charge in [-0.2, -0.15) is 0 Å². The van der Waals surface area contributed by atoms with Crippen molar-refractivity contribution in [2.75, 3.05) is 13.1 Å². The largest absolute Gasteiger partial charge is 0.383 e. The van der Waals surface area contributed by atoms with Crippen molar-refractivity contribution in [1.82, 2.24) is 5.32 Å². The minimum absolute atomic E-state index is 0.0185. The summed E-state index contributed by atoms with van der Waals surface area (Å²) in [6, 6.07) is 0. The lowest BCUT2D eigenvalue weighted by atomic mass is 9.95. The van der Waals surface area contributed by atoms with E-state index in [-0.39, 0.29) is 13.0 Å². The molecule has 1 atom stereocenters. The van der Waals surface area contributed by atoms with Crippen LogP contribution in [-0.2, 0) is 0 Å². The molecule has 2 nitrogen and oxygen atoms in total. The Morgan fingerprint density at radius 2 is 2.20 bits per heavy atom. The summed E-state index contributed by atoms with van der Waals surface area (Å²) in [5, 5.41) is 11.9. The molecule has 0 spiro atoms. The number of nitrogens with one attached hydrogen (secondary N) is 1. The van der Waals surface area contributed by atoms with Crippen molar-refractivity contribution < 1.29 is 13.9 Å². The summed E-state index contributed by atoms with van der Waals surface area (Å²) in [6.45, 7) is 0.750. The van der Waals surface area contributed by atoms with Crippen molar-refractivity contribution >= 4 is 0 Å². The molecule has 2 N–H and O–H groups in total. The van der Waals surface area contributed by atoms with Crippen LogP contribution in [0.2, 0.25) is 0 Å². The van der Waals surface area contributed by atoms with E-state index in [0.29, 0.717) is 6.42 Å². The molecule has 1 fully saturated rings. The monoisotopic (exact) mass is 151 g/mol. The van der Waals surface area contributed by atoms with E-state index < -0.39 is 12.0 Å². The van der Waals surface area contributed by atoms with Gasteiger partial charge < -0.3 is 10.4 Å². The summed E-state index contributed by atoms with van der Waals surface area (Å²) in [5.74, 6) is 0. The predicted octanol–water partition coefficient (Wildman–Crippen LogP) is 0.366. The van der Waals surface area contributed by atoms with E-state index in [4.69, 9.17) is 5.11 Å². The van der Waals surface area contributed by atoms with Crippen LogP contribution < -0.4 is 5.32 Å². The Balaban J connectivity index is 2.48. The lowest BCUT2D eigenvalue weighted by molar-refractivity contribution is -0.107. The Labute approximate surface area is 58.2 Å². The van der Waals surface area contributed by atoms with Crippen LogP contribution in [0.25, 0.3) is 0 Å². The highest BCUT2D eigenvalue weighted by Gasteiger charge is 2.38. The van der Waals surface area contributed by atoms with Crippen molar-refractivity contribution in [2.24, 2.45) is 0 Å². The first kappa shape index (κ1) is 7.88. The molecule has 10 heavy (non-hydrogen) atoms. The van der Waals surface area contributed by atoms with E-state index in [2.05, 4.69) is 5.32 Å². The lowest BCUT2D eigenvalue weighted by Gasteiger charge is -2.31. The second-order valence-electron chi connectivity index (χ2n) is 2.68. The van der Waals surface area contributed by atoms with Gasteiger partial charge in [-0.15, -0.1) is 0 Å². The van der Waals surface area contributed by atoms with Crippen molar-refractivity contribution in [1.29, 1.82) is 0 Å². The second kappa shape index (κ2) is 2.80. The number of piperidine rings is 1. The van der Waals surface area contributed by atoms with Gasteiger partial charge in [0, 0.05) is 6.54 Å². The third-order valence-corrected chi connectivity index (χ3v) is 1.80. The Hall–Kier alpha value is -0.220. The molecule has 0 aromatic rings. The topological polar surface area (TPSA) is 32.3 Å². The van der Waals surface area contributed by atoms with Crippen molar-refractivity contribution in [3.05, 3.63) is 0 Å². The summed E-state index contributed by atoms with van der Waals surface area (Å²) in [7, 11) is 0. The maximum atomic E-state index is 12.0. The molecule has 0 aromatic carbocycles. The first-order valence-electron chi connectivity index (χ1n) is 3.36. The highest BCUT2D eigenvalue weighted by atomic mass is 19.3. The molecule has 1 rings (SSSR count).